The molecule has 1 aliphatic rings. The van der Waals surface area contributed by atoms with Gasteiger partial charge in [0.25, 0.3) is 10.2 Å². The summed E-state index contributed by atoms with van der Waals surface area (Å²) in [7, 11) is -3.55. The minimum Gasteiger partial charge on any atom is -0.507 e. The van der Waals surface area contributed by atoms with E-state index in [4.69, 9.17) is 9.88 Å². The average Bonchev–Trinajstić information content (AvgIpc) is 2.62. The van der Waals surface area contributed by atoms with Gasteiger partial charge in [0.2, 0.25) is 0 Å². The molecule has 0 spiro atoms. The van der Waals surface area contributed by atoms with Crippen molar-refractivity contribution in [3.8, 4) is 11.5 Å². The first-order valence-electron chi connectivity index (χ1n) is 10.3. The van der Waals surface area contributed by atoms with Crippen LogP contribution in [0.2, 0.25) is 0 Å². The number of ether oxygens (including phenoxy) is 1. The Morgan fingerprint density at radius 1 is 1.04 bits per heavy atom. The first-order chi connectivity index (χ1) is 13.0. The van der Waals surface area contributed by atoms with Gasteiger partial charge in [0.15, 0.2) is 0 Å². The number of phenols is 1. The van der Waals surface area contributed by atoms with Gasteiger partial charge in [-0.25, -0.2) is 9.86 Å². The lowest BCUT2D eigenvalue weighted by molar-refractivity contribution is 0.0521. The summed E-state index contributed by atoms with van der Waals surface area (Å²) >= 11 is 0. The first kappa shape index (κ1) is 23.0. The summed E-state index contributed by atoms with van der Waals surface area (Å²) in [4.78, 5) is 0. The third-order valence-corrected chi connectivity index (χ3v) is 6.63. The van der Waals surface area contributed by atoms with Crippen LogP contribution in [0.4, 0.5) is 0 Å². The van der Waals surface area contributed by atoms with E-state index in [1.807, 2.05) is 20.8 Å². The summed E-state index contributed by atoms with van der Waals surface area (Å²) in [6.45, 7) is 8.57. The Morgan fingerprint density at radius 3 is 2.29 bits per heavy atom. The van der Waals surface area contributed by atoms with Crippen LogP contribution in [0.25, 0.3) is 0 Å². The van der Waals surface area contributed by atoms with Gasteiger partial charge in [-0.1, -0.05) is 25.7 Å². The molecule has 2 rings (SSSR count). The maximum absolute atomic E-state index is 10.8. The number of benzene rings is 1. The minimum absolute atomic E-state index is 0.146. The summed E-state index contributed by atoms with van der Waals surface area (Å²) in [5, 5.41) is 15.2. The molecule has 1 heterocycles. The van der Waals surface area contributed by atoms with E-state index in [0.29, 0.717) is 12.3 Å². The van der Waals surface area contributed by atoms with Gasteiger partial charge in [0.1, 0.15) is 17.1 Å². The molecule has 0 radical (unpaired) electrons. The molecule has 0 aliphatic carbocycles. The summed E-state index contributed by atoms with van der Waals surface area (Å²) < 4.78 is 30.3. The Morgan fingerprint density at radius 2 is 1.64 bits per heavy atom. The van der Waals surface area contributed by atoms with Crippen molar-refractivity contribution >= 4 is 10.2 Å². The Balaban J connectivity index is 1.75. The Hall–Kier alpha value is -1.31. The van der Waals surface area contributed by atoms with Crippen molar-refractivity contribution in [1.82, 2.24) is 4.72 Å². The highest BCUT2D eigenvalue weighted by atomic mass is 32.2. The second-order valence-corrected chi connectivity index (χ2v) is 9.77. The quantitative estimate of drug-likeness (QED) is 0.507. The van der Waals surface area contributed by atoms with E-state index >= 15 is 0 Å². The molecule has 7 heteroatoms. The number of fused-ring (bicyclic) bond motifs is 1. The van der Waals surface area contributed by atoms with Gasteiger partial charge in [-0.15, -0.1) is 0 Å². The van der Waals surface area contributed by atoms with E-state index < -0.39 is 10.2 Å². The highest BCUT2D eigenvalue weighted by molar-refractivity contribution is 7.87. The summed E-state index contributed by atoms with van der Waals surface area (Å²) in [6.07, 6.45) is 9.29. The average molecular weight is 413 g/mol. The van der Waals surface area contributed by atoms with E-state index in [1.54, 1.807) is 0 Å². The van der Waals surface area contributed by atoms with Gasteiger partial charge in [-0.2, -0.15) is 8.42 Å². The molecular formula is C21H36N2O4S. The molecule has 0 bridgehead atoms. The molecule has 1 aromatic rings. The third-order valence-electron chi connectivity index (χ3n) is 6.03. The van der Waals surface area contributed by atoms with Gasteiger partial charge in [-0.3, -0.25) is 0 Å². The molecule has 1 atom stereocenters. The molecule has 28 heavy (non-hydrogen) atoms. The molecular weight excluding hydrogens is 376 g/mol. The fourth-order valence-corrected chi connectivity index (χ4v) is 4.45. The van der Waals surface area contributed by atoms with E-state index in [2.05, 4.69) is 11.6 Å². The molecule has 0 saturated heterocycles. The monoisotopic (exact) mass is 412 g/mol. The van der Waals surface area contributed by atoms with Crippen LogP contribution in [-0.2, 0) is 16.6 Å². The zero-order valence-electron chi connectivity index (χ0n) is 17.7. The van der Waals surface area contributed by atoms with Crippen LogP contribution in [0.1, 0.15) is 80.5 Å². The van der Waals surface area contributed by atoms with E-state index in [-0.39, 0.29) is 5.60 Å². The first-order valence-corrected chi connectivity index (χ1v) is 11.9. The van der Waals surface area contributed by atoms with Crippen LogP contribution in [-0.4, -0.2) is 25.7 Å². The summed E-state index contributed by atoms with van der Waals surface area (Å²) in [5.41, 5.74) is 3.94. The van der Waals surface area contributed by atoms with Crippen LogP contribution in [0.15, 0.2) is 0 Å². The predicted molar refractivity (Wildman–Crippen MR) is 113 cm³/mol. The van der Waals surface area contributed by atoms with Crippen molar-refractivity contribution < 1.29 is 18.3 Å². The number of hydrogen-bond donors (Lipinski definition) is 3. The smallest absolute Gasteiger partial charge is 0.274 e. The number of unbranched alkanes of at least 4 members (excludes halogenated alkanes) is 5. The van der Waals surface area contributed by atoms with Crippen LogP contribution in [0.5, 0.6) is 11.5 Å². The SMILES string of the molecule is Cc1c(C)c2c(c(C)c1O)CC[C@@](C)(CCCCCCCCNS(N)(=O)=O)O2. The Bertz CT molecular complexity index is 792. The van der Waals surface area contributed by atoms with Crippen molar-refractivity contribution in [2.45, 2.75) is 91.1 Å². The zero-order valence-corrected chi connectivity index (χ0v) is 18.5. The second-order valence-electron chi connectivity index (χ2n) is 8.39. The van der Waals surface area contributed by atoms with E-state index in [0.717, 1.165) is 85.8 Å². The van der Waals surface area contributed by atoms with Crippen LogP contribution < -0.4 is 14.6 Å². The number of nitrogens with two attached hydrogens (primary N) is 1. The normalized spacial score (nSPS) is 19.3. The Labute approximate surface area is 170 Å². The van der Waals surface area contributed by atoms with Gasteiger partial charge in [0, 0.05) is 12.1 Å². The van der Waals surface area contributed by atoms with Crippen molar-refractivity contribution in [3.05, 3.63) is 22.3 Å². The topological polar surface area (TPSA) is 102 Å². The van der Waals surface area contributed by atoms with Crippen LogP contribution >= 0.6 is 0 Å². The maximum atomic E-state index is 10.8. The van der Waals surface area contributed by atoms with E-state index in [9.17, 15) is 13.5 Å². The Kier molecular flexibility index (Phi) is 7.76. The fraction of sp³-hybridized carbons (Fsp3) is 0.714. The molecule has 6 nitrogen and oxygen atoms in total. The number of nitrogens with one attached hydrogen (secondary N) is 1. The lowest BCUT2D eigenvalue weighted by atomic mass is 9.84. The molecule has 0 unspecified atom stereocenters. The minimum atomic E-state index is -3.55. The zero-order chi connectivity index (χ0) is 20.9. The van der Waals surface area contributed by atoms with Gasteiger partial charge < -0.3 is 9.84 Å². The molecule has 0 aromatic heterocycles. The fourth-order valence-electron chi connectivity index (χ4n) is 4.02. The van der Waals surface area contributed by atoms with Crippen molar-refractivity contribution in [3.63, 3.8) is 0 Å². The third kappa shape index (κ3) is 6.09. The lowest BCUT2D eigenvalue weighted by Crippen LogP contribution is -2.37. The second kappa shape index (κ2) is 9.46. The van der Waals surface area contributed by atoms with Gasteiger partial charge in [-0.05, 0) is 76.5 Å². The molecule has 1 aliphatic heterocycles. The largest absolute Gasteiger partial charge is 0.507 e. The maximum Gasteiger partial charge on any atom is 0.274 e. The molecule has 160 valence electrons. The van der Waals surface area contributed by atoms with Crippen LogP contribution in [0, 0.1) is 20.8 Å². The number of rotatable bonds is 10. The number of aromatic hydroxyl groups is 1. The molecule has 0 fully saturated rings. The highest BCUT2D eigenvalue weighted by Crippen LogP contribution is 2.44. The summed E-state index contributed by atoms with van der Waals surface area (Å²) in [6, 6.07) is 0. The molecule has 0 amide bonds. The number of hydrogen-bond acceptors (Lipinski definition) is 4. The standard InChI is InChI=1S/C21H36N2O4S/c1-15-16(2)20-18(17(3)19(15)24)11-13-21(4,27-20)12-9-7-5-6-8-10-14-23-28(22,25)26/h23-24H,5-14H2,1-4H3,(H2,22,25,26)/t21-/m1/s1. The lowest BCUT2D eigenvalue weighted by Gasteiger charge is -2.38. The molecule has 1 aromatic carbocycles. The van der Waals surface area contributed by atoms with Crippen LogP contribution in [0.3, 0.4) is 0 Å². The number of phenolic OH excluding ortho intramolecular Hbond substituents is 1. The van der Waals surface area contributed by atoms with Crippen molar-refractivity contribution in [2.75, 3.05) is 6.54 Å². The molecule has 4 N–H and O–H groups in total. The molecule has 0 saturated carbocycles. The van der Waals surface area contributed by atoms with Crippen molar-refractivity contribution in [1.29, 1.82) is 0 Å². The predicted octanol–water partition coefficient (Wildman–Crippen LogP) is 3.92. The van der Waals surface area contributed by atoms with Crippen molar-refractivity contribution in [2.24, 2.45) is 5.14 Å². The highest BCUT2D eigenvalue weighted by Gasteiger charge is 2.34. The summed E-state index contributed by atoms with van der Waals surface area (Å²) in [5.74, 6) is 1.38. The van der Waals surface area contributed by atoms with E-state index in [1.165, 1.54) is 0 Å². The van der Waals surface area contributed by atoms with Gasteiger partial charge >= 0.3 is 0 Å². The van der Waals surface area contributed by atoms with Gasteiger partial charge in [0.05, 0.1) is 0 Å².